The third-order valence-corrected chi connectivity index (χ3v) is 2.59. The lowest BCUT2D eigenvalue weighted by atomic mass is 10.2. The van der Waals surface area contributed by atoms with Crippen molar-refractivity contribution >= 4 is 23.2 Å². The summed E-state index contributed by atoms with van der Waals surface area (Å²) in [5, 5.41) is 3.07. The van der Waals surface area contributed by atoms with Gasteiger partial charge < -0.3 is 19.5 Å². The van der Waals surface area contributed by atoms with Crippen molar-refractivity contribution in [1.29, 1.82) is 0 Å². The molecule has 19 heavy (non-hydrogen) atoms. The Kier molecular flexibility index (Phi) is 5.92. The second kappa shape index (κ2) is 7.21. The molecule has 1 N–H and O–H groups in total. The van der Waals surface area contributed by atoms with E-state index in [1.54, 1.807) is 12.1 Å². The standard InChI is InChI=1S/C13H18ClNO4/c1-8(2)19-7-13(16)15-10-5-9(14)11(17-3)6-12(10)18-4/h5-6,8H,7H2,1-4H3,(H,15,16). The first kappa shape index (κ1) is 15.6. The Morgan fingerprint density at radius 2 is 1.89 bits per heavy atom. The molecule has 6 heteroatoms. The van der Waals surface area contributed by atoms with Crippen molar-refractivity contribution in [2.75, 3.05) is 26.1 Å². The zero-order chi connectivity index (χ0) is 14.4. The predicted octanol–water partition coefficient (Wildman–Crippen LogP) is 2.72. The van der Waals surface area contributed by atoms with Crippen molar-refractivity contribution in [2.24, 2.45) is 0 Å². The lowest BCUT2D eigenvalue weighted by Gasteiger charge is -2.13. The molecule has 0 aromatic heterocycles. The summed E-state index contributed by atoms with van der Waals surface area (Å²) in [6, 6.07) is 3.19. The highest BCUT2D eigenvalue weighted by Crippen LogP contribution is 2.35. The lowest BCUT2D eigenvalue weighted by molar-refractivity contribution is -0.121. The molecule has 0 atom stereocenters. The molecule has 0 saturated carbocycles. The van der Waals surface area contributed by atoms with Gasteiger partial charge in [-0.2, -0.15) is 0 Å². The molecule has 0 aliphatic heterocycles. The molecule has 0 heterocycles. The van der Waals surface area contributed by atoms with E-state index in [0.717, 1.165) is 0 Å². The van der Waals surface area contributed by atoms with Crippen LogP contribution < -0.4 is 14.8 Å². The van der Waals surface area contributed by atoms with E-state index in [-0.39, 0.29) is 18.6 Å². The third kappa shape index (κ3) is 4.61. The van der Waals surface area contributed by atoms with Gasteiger partial charge in [0.2, 0.25) is 5.91 Å². The number of carbonyl (C=O) groups is 1. The number of rotatable bonds is 6. The Balaban J connectivity index is 2.82. The van der Waals surface area contributed by atoms with Gasteiger partial charge in [-0.05, 0) is 19.9 Å². The summed E-state index contributed by atoms with van der Waals surface area (Å²) >= 11 is 6.01. The van der Waals surface area contributed by atoms with Gasteiger partial charge in [0.25, 0.3) is 0 Å². The summed E-state index contributed by atoms with van der Waals surface area (Å²) in [5.74, 6) is 0.683. The minimum atomic E-state index is -0.270. The van der Waals surface area contributed by atoms with E-state index in [1.807, 2.05) is 13.8 Å². The Morgan fingerprint density at radius 1 is 1.26 bits per heavy atom. The Labute approximate surface area is 117 Å². The van der Waals surface area contributed by atoms with Gasteiger partial charge in [0.05, 0.1) is 31.0 Å². The van der Waals surface area contributed by atoms with Crippen molar-refractivity contribution in [3.05, 3.63) is 17.2 Å². The molecular formula is C13H18ClNO4. The zero-order valence-electron chi connectivity index (χ0n) is 11.5. The van der Waals surface area contributed by atoms with Gasteiger partial charge >= 0.3 is 0 Å². The number of hydrogen-bond donors (Lipinski definition) is 1. The molecule has 106 valence electrons. The Bertz CT molecular complexity index is 449. The molecule has 1 aromatic carbocycles. The molecule has 0 unspecified atom stereocenters. The van der Waals surface area contributed by atoms with Gasteiger partial charge in [0.15, 0.2) is 0 Å². The van der Waals surface area contributed by atoms with Crippen LogP contribution in [0.2, 0.25) is 5.02 Å². The predicted molar refractivity (Wildman–Crippen MR) is 74.3 cm³/mol. The highest BCUT2D eigenvalue weighted by atomic mass is 35.5. The second-order valence-electron chi connectivity index (χ2n) is 4.09. The number of methoxy groups -OCH3 is 2. The van der Waals surface area contributed by atoms with Crippen LogP contribution >= 0.6 is 11.6 Å². The third-order valence-electron chi connectivity index (χ3n) is 2.30. The van der Waals surface area contributed by atoms with E-state index in [4.69, 9.17) is 25.8 Å². The minimum absolute atomic E-state index is 0.00731. The lowest BCUT2D eigenvalue weighted by Crippen LogP contribution is -2.21. The largest absolute Gasteiger partial charge is 0.495 e. The first-order valence-electron chi connectivity index (χ1n) is 5.81. The fourth-order valence-corrected chi connectivity index (χ4v) is 1.63. The number of halogens is 1. The van der Waals surface area contributed by atoms with Gasteiger partial charge in [0, 0.05) is 6.07 Å². The number of amides is 1. The molecule has 1 amide bonds. The van der Waals surface area contributed by atoms with Crippen LogP contribution in [0.4, 0.5) is 5.69 Å². The van der Waals surface area contributed by atoms with Crippen molar-refractivity contribution in [3.63, 3.8) is 0 Å². The maximum absolute atomic E-state index is 11.7. The quantitative estimate of drug-likeness (QED) is 0.874. The summed E-state index contributed by atoms with van der Waals surface area (Å²) < 4.78 is 15.5. The first-order chi connectivity index (χ1) is 8.97. The maximum Gasteiger partial charge on any atom is 0.250 e. The molecule has 0 bridgehead atoms. The molecule has 0 spiro atoms. The van der Waals surface area contributed by atoms with E-state index in [9.17, 15) is 4.79 Å². The van der Waals surface area contributed by atoms with Crippen molar-refractivity contribution in [2.45, 2.75) is 20.0 Å². The Morgan fingerprint density at radius 3 is 2.42 bits per heavy atom. The van der Waals surface area contributed by atoms with Crippen LogP contribution in [-0.2, 0) is 9.53 Å². The van der Waals surface area contributed by atoms with E-state index < -0.39 is 0 Å². The van der Waals surface area contributed by atoms with E-state index in [0.29, 0.717) is 22.2 Å². The molecule has 0 saturated heterocycles. The molecular weight excluding hydrogens is 270 g/mol. The van der Waals surface area contributed by atoms with Crippen LogP contribution in [0.25, 0.3) is 0 Å². The number of hydrogen-bond acceptors (Lipinski definition) is 4. The molecule has 1 aromatic rings. The molecule has 0 aliphatic rings. The highest BCUT2D eigenvalue weighted by molar-refractivity contribution is 6.32. The fourth-order valence-electron chi connectivity index (χ4n) is 1.39. The average Bonchev–Trinajstić information content (AvgIpc) is 2.36. The first-order valence-corrected chi connectivity index (χ1v) is 6.18. The minimum Gasteiger partial charge on any atom is -0.495 e. The normalized spacial score (nSPS) is 10.4. The molecule has 1 rings (SSSR count). The smallest absolute Gasteiger partial charge is 0.250 e. The van der Waals surface area contributed by atoms with Crippen molar-refractivity contribution < 1.29 is 19.0 Å². The van der Waals surface area contributed by atoms with Crippen molar-refractivity contribution in [1.82, 2.24) is 0 Å². The van der Waals surface area contributed by atoms with Crippen LogP contribution in [0.1, 0.15) is 13.8 Å². The van der Waals surface area contributed by atoms with Crippen LogP contribution in [0.5, 0.6) is 11.5 Å². The fraction of sp³-hybridized carbons (Fsp3) is 0.462. The maximum atomic E-state index is 11.7. The zero-order valence-corrected chi connectivity index (χ0v) is 12.2. The number of carbonyl (C=O) groups excluding carboxylic acids is 1. The molecule has 0 aliphatic carbocycles. The van der Waals surface area contributed by atoms with Crippen LogP contribution in [0.15, 0.2) is 12.1 Å². The highest BCUT2D eigenvalue weighted by Gasteiger charge is 2.12. The number of benzene rings is 1. The van der Waals surface area contributed by atoms with Gasteiger partial charge in [0.1, 0.15) is 18.1 Å². The Hall–Kier alpha value is -1.46. The van der Waals surface area contributed by atoms with E-state index in [1.165, 1.54) is 14.2 Å². The van der Waals surface area contributed by atoms with Gasteiger partial charge in [-0.15, -0.1) is 0 Å². The molecule has 0 fully saturated rings. The number of nitrogens with one attached hydrogen (secondary N) is 1. The molecule has 5 nitrogen and oxygen atoms in total. The summed E-state index contributed by atoms with van der Waals surface area (Å²) in [5.41, 5.74) is 0.477. The summed E-state index contributed by atoms with van der Waals surface area (Å²) in [6.07, 6.45) is -0.00731. The molecule has 0 radical (unpaired) electrons. The van der Waals surface area contributed by atoms with E-state index >= 15 is 0 Å². The second-order valence-corrected chi connectivity index (χ2v) is 4.50. The summed E-state index contributed by atoms with van der Waals surface area (Å²) in [4.78, 5) is 11.7. The summed E-state index contributed by atoms with van der Waals surface area (Å²) in [7, 11) is 3.01. The SMILES string of the molecule is COc1cc(OC)c(NC(=O)COC(C)C)cc1Cl. The summed E-state index contributed by atoms with van der Waals surface area (Å²) in [6.45, 7) is 3.70. The van der Waals surface area contributed by atoms with Crippen LogP contribution in [0, 0.1) is 0 Å². The van der Waals surface area contributed by atoms with Crippen molar-refractivity contribution in [3.8, 4) is 11.5 Å². The monoisotopic (exact) mass is 287 g/mol. The topological polar surface area (TPSA) is 56.8 Å². The number of anilines is 1. The van der Waals surface area contributed by atoms with Gasteiger partial charge in [-0.1, -0.05) is 11.6 Å². The number of ether oxygens (including phenoxy) is 3. The van der Waals surface area contributed by atoms with Crippen LogP contribution in [-0.4, -0.2) is 32.8 Å². The average molecular weight is 288 g/mol. The van der Waals surface area contributed by atoms with Gasteiger partial charge in [-0.3, -0.25) is 4.79 Å². The van der Waals surface area contributed by atoms with Crippen LogP contribution in [0.3, 0.4) is 0 Å². The van der Waals surface area contributed by atoms with Gasteiger partial charge in [-0.25, -0.2) is 0 Å². The van der Waals surface area contributed by atoms with E-state index in [2.05, 4.69) is 5.32 Å².